The highest BCUT2D eigenvalue weighted by Crippen LogP contribution is 2.22. The van der Waals surface area contributed by atoms with Crippen LogP contribution in [0.2, 0.25) is 0 Å². The van der Waals surface area contributed by atoms with Gasteiger partial charge in [0.05, 0.1) is 5.33 Å². The van der Waals surface area contributed by atoms with Crippen LogP contribution < -0.4 is 4.74 Å². The van der Waals surface area contributed by atoms with Crippen LogP contribution in [0.1, 0.15) is 11.1 Å². The third-order valence-electron chi connectivity index (χ3n) is 2.08. The molecule has 1 aromatic carbocycles. The maximum atomic E-state index is 12.1. The molecule has 0 N–H and O–H groups in total. The molecule has 94 valence electrons. The molecule has 6 heteroatoms. The van der Waals surface area contributed by atoms with Crippen LogP contribution in [0, 0.1) is 0 Å². The van der Waals surface area contributed by atoms with Gasteiger partial charge in [-0.2, -0.15) is 8.78 Å². The van der Waals surface area contributed by atoms with Crippen molar-refractivity contribution in [3.05, 3.63) is 29.3 Å². The van der Waals surface area contributed by atoms with Gasteiger partial charge in [0.15, 0.2) is 0 Å². The predicted octanol–water partition coefficient (Wildman–Crippen LogP) is 3.69. The summed E-state index contributed by atoms with van der Waals surface area (Å²) in [6.45, 7) is -2.86. The second-order valence-electron chi connectivity index (χ2n) is 3.29. The molecule has 0 aliphatic carbocycles. The van der Waals surface area contributed by atoms with Crippen LogP contribution >= 0.6 is 31.9 Å². The molecular formula is C11H10Br2F2O2. The molecule has 0 saturated heterocycles. The number of carbonyl (C=O) groups excluding carboxylic acids is 1. The molecule has 0 unspecified atom stereocenters. The van der Waals surface area contributed by atoms with Gasteiger partial charge >= 0.3 is 6.61 Å². The van der Waals surface area contributed by atoms with E-state index in [1.54, 1.807) is 6.07 Å². The average Bonchev–Trinajstić information content (AvgIpc) is 2.28. The summed E-state index contributed by atoms with van der Waals surface area (Å²) in [4.78, 5) is 11.3. The average molecular weight is 372 g/mol. The Bertz CT molecular complexity index is 397. The Balaban J connectivity index is 2.93. The minimum atomic E-state index is -2.86. The highest BCUT2D eigenvalue weighted by atomic mass is 79.9. The van der Waals surface area contributed by atoms with Crippen molar-refractivity contribution in [2.75, 3.05) is 5.33 Å². The molecule has 0 aliphatic rings. The summed E-state index contributed by atoms with van der Waals surface area (Å²) in [6, 6.07) is 4.61. The van der Waals surface area contributed by atoms with Crippen molar-refractivity contribution in [3.63, 3.8) is 0 Å². The number of ether oxygens (including phenoxy) is 1. The van der Waals surface area contributed by atoms with E-state index < -0.39 is 6.61 Å². The summed E-state index contributed by atoms with van der Waals surface area (Å²) in [6.07, 6.45) is 0.201. The molecule has 0 spiro atoms. The number of carbonyl (C=O) groups is 1. The summed E-state index contributed by atoms with van der Waals surface area (Å²) in [5.74, 6) is 0.0588. The Morgan fingerprint density at radius 2 is 2.00 bits per heavy atom. The molecule has 0 saturated carbocycles. The monoisotopic (exact) mass is 370 g/mol. The quantitative estimate of drug-likeness (QED) is 0.713. The smallest absolute Gasteiger partial charge is 0.387 e. The Hall–Kier alpha value is -0.490. The van der Waals surface area contributed by atoms with Crippen LogP contribution in [0.5, 0.6) is 5.75 Å². The van der Waals surface area contributed by atoms with Crippen LogP contribution in [0.4, 0.5) is 8.78 Å². The molecule has 0 aliphatic heterocycles. The van der Waals surface area contributed by atoms with E-state index in [1.807, 2.05) is 0 Å². The molecule has 0 bridgehead atoms. The maximum absolute atomic E-state index is 12.1. The summed E-state index contributed by atoms with van der Waals surface area (Å²) in [7, 11) is 0. The third kappa shape index (κ3) is 4.71. The van der Waals surface area contributed by atoms with E-state index in [2.05, 4.69) is 36.6 Å². The van der Waals surface area contributed by atoms with Crippen molar-refractivity contribution in [2.24, 2.45) is 0 Å². The number of alkyl halides is 4. The number of halogens is 4. The second kappa shape index (κ2) is 7.06. The first-order chi connectivity index (χ1) is 8.06. The van der Waals surface area contributed by atoms with Crippen molar-refractivity contribution < 1.29 is 18.3 Å². The largest absolute Gasteiger partial charge is 0.435 e. The van der Waals surface area contributed by atoms with Gasteiger partial charge in [0.1, 0.15) is 11.5 Å². The predicted molar refractivity (Wildman–Crippen MR) is 68.2 cm³/mol. The molecule has 0 radical (unpaired) electrons. The fourth-order valence-electron chi connectivity index (χ4n) is 1.33. The fraction of sp³-hybridized carbons (Fsp3) is 0.364. The lowest BCUT2D eigenvalue weighted by atomic mass is 10.0. The Morgan fingerprint density at radius 1 is 1.29 bits per heavy atom. The lowest BCUT2D eigenvalue weighted by Gasteiger charge is -2.10. The summed E-state index contributed by atoms with van der Waals surface area (Å²) in [5.41, 5.74) is 1.59. The summed E-state index contributed by atoms with van der Waals surface area (Å²) < 4.78 is 28.4. The lowest BCUT2D eigenvalue weighted by molar-refractivity contribution is -0.115. The zero-order valence-corrected chi connectivity index (χ0v) is 11.9. The number of ketones is 1. The Morgan fingerprint density at radius 3 is 2.53 bits per heavy atom. The van der Waals surface area contributed by atoms with Gasteiger partial charge in [-0.3, -0.25) is 4.79 Å². The lowest BCUT2D eigenvalue weighted by Crippen LogP contribution is -2.07. The summed E-state index contributed by atoms with van der Waals surface area (Å²) >= 11 is 6.35. The molecule has 0 aromatic heterocycles. The second-order valence-corrected chi connectivity index (χ2v) is 4.41. The van der Waals surface area contributed by atoms with Gasteiger partial charge < -0.3 is 4.74 Å². The molecule has 0 atom stereocenters. The SMILES string of the molecule is O=C(CBr)Cc1cc(OC(F)F)ccc1CBr. The first-order valence-corrected chi connectivity index (χ1v) is 7.01. The molecule has 0 amide bonds. The van der Waals surface area contributed by atoms with E-state index in [4.69, 9.17) is 0 Å². The number of hydrogen-bond donors (Lipinski definition) is 0. The first-order valence-electron chi connectivity index (χ1n) is 4.77. The van der Waals surface area contributed by atoms with Crippen LogP contribution in [0.3, 0.4) is 0 Å². The normalized spacial score (nSPS) is 10.6. The van der Waals surface area contributed by atoms with Crippen LogP contribution in [0.15, 0.2) is 18.2 Å². The van der Waals surface area contributed by atoms with Gasteiger partial charge in [0.25, 0.3) is 0 Å². The summed E-state index contributed by atoms with van der Waals surface area (Å²) in [5, 5.41) is 0.807. The van der Waals surface area contributed by atoms with Gasteiger partial charge in [0, 0.05) is 11.8 Å². The van der Waals surface area contributed by atoms with Gasteiger partial charge in [0.2, 0.25) is 0 Å². The Labute approximate surface area is 115 Å². The Kier molecular flexibility index (Phi) is 6.05. The number of benzene rings is 1. The van der Waals surface area contributed by atoms with Gasteiger partial charge in [-0.25, -0.2) is 0 Å². The minimum absolute atomic E-state index is 0.0126. The zero-order valence-electron chi connectivity index (χ0n) is 8.76. The van der Waals surface area contributed by atoms with E-state index in [9.17, 15) is 13.6 Å². The standard InChI is InChI=1S/C11H10Br2F2O2/c12-5-7-1-2-10(17-11(14)15)4-8(7)3-9(16)6-13/h1-2,4,11H,3,5-6H2. The van der Waals surface area contributed by atoms with Crippen molar-refractivity contribution in [1.82, 2.24) is 0 Å². The van der Waals surface area contributed by atoms with E-state index in [-0.39, 0.29) is 23.3 Å². The van der Waals surface area contributed by atoms with Crippen molar-refractivity contribution >= 4 is 37.6 Å². The molecule has 0 fully saturated rings. The van der Waals surface area contributed by atoms with Crippen molar-refractivity contribution in [2.45, 2.75) is 18.4 Å². The fourth-order valence-corrected chi connectivity index (χ4v) is 2.08. The van der Waals surface area contributed by atoms with Crippen LogP contribution in [0.25, 0.3) is 0 Å². The number of hydrogen-bond acceptors (Lipinski definition) is 2. The number of Topliss-reactive ketones (excluding diaryl/α,β-unsaturated/α-hetero) is 1. The molecule has 1 aromatic rings. The van der Waals surface area contributed by atoms with E-state index >= 15 is 0 Å². The zero-order chi connectivity index (χ0) is 12.8. The van der Waals surface area contributed by atoms with E-state index in [0.717, 1.165) is 5.56 Å². The van der Waals surface area contributed by atoms with E-state index in [0.29, 0.717) is 10.9 Å². The molecule has 17 heavy (non-hydrogen) atoms. The minimum Gasteiger partial charge on any atom is -0.435 e. The van der Waals surface area contributed by atoms with E-state index in [1.165, 1.54) is 12.1 Å². The van der Waals surface area contributed by atoms with Crippen LogP contribution in [-0.2, 0) is 16.5 Å². The van der Waals surface area contributed by atoms with Crippen molar-refractivity contribution in [1.29, 1.82) is 0 Å². The van der Waals surface area contributed by atoms with Gasteiger partial charge in [-0.15, -0.1) is 0 Å². The maximum Gasteiger partial charge on any atom is 0.387 e. The van der Waals surface area contributed by atoms with Crippen LogP contribution in [-0.4, -0.2) is 17.7 Å². The third-order valence-corrected chi connectivity index (χ3v) is 3.31. The highest BCUT2D eigenvalue weighted by molar-refractivity contribution is 9.09. The van der Waals surface area contributed by atoms with Gasteiger partial charge in [-0.05, 0) is 23.3 Å². The molecular weight excluding hydrogens is 362 g/mol. The topological polar surface area (TPSA) is 26.3 Å². The highest BCUT2D eigenvalue weighted by Gasteiger charge is 2.10. The van der Waals surface area contributed by atoms with Gasteiger partial charge in [-0.1, -0.05) is 37.9 Å². The first kappa shape index (κ1) is 14.6. The molecule has 2 nitrogen and oxygen atoms in total. The number of rotatable bonds is 6. The molecule has 1 rings (SSSR count). The molecule has 0 heterocycles. The van der Waals surface area contributed by atoms with Crippen molar-refractivity contribution in [3.8, 4) is 5.75 Å².